The summed E-state index contributed by atoms with van der Waals surface area (Å²) in [5.41, 5.74) is 6.21. The van der Waals surface area contributed by atoms with E-state index in [4.69, 9.17) is 23.7 Å². The van der Waals surface area contributed by atoms with E-state index in [1.165, 1.54) is 22.3 Å². The zero-order chi connectivity index (χ0) is 29.9. The first kappa shape index (κ1) is 27.2. The van der Waals surface area contributed by atoms with Gasteiger partial charge in [0, 0.05) is 27.8 Å². The molecule has 218 valence electrons. The Balaban J connectivity index is 1.53. The number of hydrogen-bond acceptors (Lipinski definition) is 5. The van der Waals surface area contributed by atoms with Crippen molar-refractivity contribution >= 4 is 16.8 Å². The number of allylic oxidation sites excluding steroid dienone is 2. The van der Waals surface area contributed by atoms with E-state index in [0.717, 1.165) is 45.6 Å². The minimum Gasteiger partial charge on any atom is -0.497 e. The summed E-state index contributed by atoms with van der Waals surface area (Å²) >= 11 is 0. The van der Waals surface area contributed by atoms with Crippen molar-refractivity contribution in [3.8, 4) is 34.1 Å². The van der Waals surface area contributed by atoms with Crippen LogP contribution in [0.2, 0.25) is 0 Å². The molecule has 5 nitrogen and oxygen atoms in total. The van der Waals surface area contributed by atoms with E-state index in [-0.39, 0.29) is 11.3 Å². The Labute approximate surface area is 253 Å². The number of hydrogen-bond donors (Lipinski definition) is 0. The molecule has 1 heterocycles. The van der Waals surface area contributed by atoms with Gasteiger partial charge in [0.15, 0.2) is 17.1 Å². The molecule has 0 saturated carbocycles. The third-order valence-electron chi connectivity index (χ3n) is 9.46. The SMILES string of the molecule is COC1=CCC(C2(c3ccc(OC)cc3)C=Cc3c4c(c5cc(OC)c(OC)cc5c3O2)-c2ccccc2C4(C)C)C=C1. The van der Waals surface area contributed by atoms with E-state index in [0.29, 0.717) is 11.5 Å². The van der Waals surface area contributed by atoms with Gasteiger partial charge >= 0.3 is 0 Å². The van der Waals surface area contributed by atoms with E-state index in [2.05, 4.69) is 86.7 Å². The number of rotatable bonds is 6. The fourth-order valence-corrected chi connectivity index (χ4v) is 7.28. The monoisotopic (exact) mass is 572 g/mol. The fourth-order valence-electron chi connectivity index (χ4n) is 7.28. The molecular formula is C38H36O5. The van der Waals surface area contributed by atoms with Gasteiger partial charge in [-0.2, -0.15) is 0 Å². The Morgan fingerprint density at radius 1 is 0.791 bits per heavy atom. The summed E-state index contributed by atoms with van der Waals surface area (Å²) < 4.78 is 30.1. The Hall–Kier alpha value is -4.64. The van der Waals surface area contributed by atoms with Crippen molar-refractivity contribution in [2.24, 2.45) is 5.92 Å². The van der Waals surface area contributed by atoms with E-state index in [9.17, 15) is 0 Å². The Kier molecular flexibility index (Phi) is 6.31. The molecule has 43 heavy (non-hydrogen) atoms. The average Bonchev–Trinajstić information content (AvgIpc) is 3.30. The van der Waals surface area contributed by atoms with Crippen molar-refractivity contribution in [2.45, 2.75) is 31.3 Å². The maximum absolute atomic E-state index is 7.45. The smallest absolute Gasteiger partial charge is 0.161 e. The van der Waals surface area contributed by atoms with Crippen LogP contribution in [-0.2, 0) is 15.8 Å². The van der Waals surface area contributed by atoms with Crippen LogP contribution in [0, 0.1) is 5.92 Å². The normalized spacial score (nSPS) is 20.9. The van der Waals surface area contributed by atoms with Crippen LogP contribution in [-0.4, -0.2) is 28.4 Å². The maximum Gasteiger partial charge on any atom is 0.161 e. The Bertz CT molecular complexity index is 1840. The summed E-state index contributed by atoms with van der Waals surface area (Å²) in [6.07, 6.45) is 11.7. The largest absolute Gasteiger partial charge is 0.497 e. The second-order valence-electron chi connectivity index (χ2n) is 11.9. The molecule has 0 fully saturated rings. The Morgan fingerprint density at radius 3 is 2.16 bits per heavy atom. The average molecular weight is 573 g/mol. The zero-order valence-corrected chi connectivity index (χ0v) is 25.5. The first-order valence-corrected chi connectivity index (χ1v) is 14.7. The van der Waals surface area contributed by atoms with Crippen LogP contribution >= 0.6 is 0 Å². The molecule has 0 N–H and O–H groups in total. The second kappa shape index (κ2) is 9.98. The highest BCUT2D eigenvalue weighted by Crippen LogP contribution is 2.59. The number of methoxy groups -OCH3 is 4. The van der Waals surface area contributed by atoms with Crippen molar-refractivity contribution < 1.29 is 23.7 Å². The van der Waals surface area contributed by atoms with Crippen LogP contribution in [0.1, 0.15) is 42.5 Å². The highest BCUT2D eigenvalue weighted by molar-refractivity contribution is 6.09. The number of benzene rings is 4. The highest BCUT2D eigenvalue weighted by atomic mass is 16.5. The molecule has 4 aromatic rings. The van der Waals surface area contributed by atoms with Gasteiger partial charge in [-0.15, -0.1) is 0 Å². The molecule has 0 amide bonds. The van der Waals surface area contributed by atoms with Crippen molar-refractivity contribution in [3.63, 3.8) is 0 Å². The van der Waals surface area contributed by atoms with E-state index in [1.54, 1.807) is 28.4 Å². The van der Waals surface area contributed by atoms with Crippen LogP contribution in [0.4, 0.5) is 0 Å². The van der Waals surface area contributed by atoms with Gasteiger partial charge in [-0.25, -0.2) is 0 Å². The standard InChI is InChI=1S/C38H36O5/c1-37(2)31-10-8-7-9-27(31)34-29-21-32(41-5)33(42-6)22-30(29)36-28(35(34)37)19-20-38(43-36,23-11-15-25(39-3)16-12-23)24-13-17-26(40-4)18-14-24/h7-13,15-22,24H,14H2,1-6H3. The summed E-state index contributed by atoms with van der Waals surface area (Å²) in [6.45, 7) is 4.62. The van der Waals surface area contributed by atoms with Gasteiger partial charge < -0.3 is 23.7 Å². The number of ether oxygens (including phenoxy) is 5. The van der Waals surface area contributed by atoms with E-state index >= 15 is 0 Å². The van der Waals surface area contributed by atoms with Crippen molar-refractivity contribution in [3.05, 3.63) is 113 Å². The highest BCUT2D eigenvalue weighted by Gasteiger charge is 2.46. The van der Waals surface area contributed by atoms with Crippen LogP contribution in [0.3, 0.4) is 0 Å². The quantitative estimate of drug-likeness (QED) is 0.232. The van der Waals surface area contributed by atoms with Crippen LogP contribution in [0.5, 0.6) is 23.0 Å². The van der Waals surface area contributed by atoms with Crippen LogP contribution in [0.15, 0.2) is 90.7 Å². The number of fused-ring (bicyclic) bond motifs is 8. The topological polar surface area (TPSA) is 46.2 Å². The molecule has 0 radical (unpaired) electrons. The predicted octanol–water partition coefficient (Wildman–Crippen LogP) is 8.58. The summed E-state index contributed by atoms with van der Waals surface area (Å²) in [7, 11) is 6.76. The van der Waals surface area contributed by atoms with Gasteiger partial charge in [-0.3, -0.25) is 0 Å². The molecule has 1 aliphatic heterocycles. The van der Waals surface area contributed by atoms with Crippen molar-refractivity contribution in [2.75, 3.05) is 28.4 Å². The van der Waals surface area contributed by atoms with E-state index in [1.807, 2.05) is 18.2 Å². The minimum atomic E-state index is -0.768. The molecule has 0 bridgehead atoms. The minimum absolute atomic E-state index is 0.0258. The molecule has 0 spiro atoms. The lowest BCUT2D eigenvalue weighted by Gasteiger charge is -2.42. The van der Waals surface area contributed by atoms with Gasteiger partial charge in [0.05, 0.1) is 28.4 Å². The molecule has 2 aliphatic carbocycles. The summed E-state index contributed by atoms with van der Waals surface area (Å²) in [6, 6.07) is 21.1. The fraction of sp³-hybridized carbons (Fsp3) is 0.263. The molecule has 0 saturated heterocycles. The lowest BCUT2D eigenvalue weighted by atomic mass is 9.73. The Morgan fingerprint density at radius 2 is 1.51 bits per heavy atom. The van der Waals surface area contributed by atoms with E-state index < -0.39 is 5.60 Å². The molecule has 3 aliphatic rings. The third kappa shape index (κ3) is 3.91. The lowest BCUT2D eigenvalue weighted by molar-refractivity contribution is 0.0715. The predicted molar refractivity (Wildman–Crippen MR) is 171 cm³/mol. The first-order valence-electron chi connectivity index (χ1n) is 14.7. The van der Waals surface area contributed by atoms with Gasteiger partial charge in [0.25, 0.3) is 0 Å². The molecular weight excluding hydrogens is 536 g/mol. The molecule has 4 aromatic carbocycles. The molecule has 5 heteroatoms. The molecule has 2 unspecified atom stereocenters. The third-order valence-corrected chi connectivity index (χ3v) is 9.46. The summed E-state index contributed by atoms with van der Waals surface area (Å²) in [5, 5.41) is 2.08. The molecule has 7 rings (SSSR count). The van der Waals surface area contributed by atoms with Gasteiger partial charge in [0.2, 0.25) is 0 Å². The van der Waals surface area contributed by atoms with Crippen molar-refractivity contribution in [1.29, 1.82) is 0 Å². The summed E-state index contributed by atoms with van der Waals surface area (Å²) in [4.78, 5) is 0. The van der Waals surface area contributed by atoms with Crippen LogP contribution in [0.25, 0.3) is 28.0 Å². The molecule has 2 atom stereocenters. The molecule has 0 aromatic heterocycles. The maximum atomic E-state index is 7.45. The van der Waals surface area contributed by atoms with Crippen molar-refractivity contribution in [1.82, 2.24) is 0 Å². The second-order valence-corrected chi connectivity index (χ2v) is 11.9. The van der Waals surface area contributed by atoms with Gasteiger partial charge in [0.1, 0.15) is 17.3 Å². The zero-order valence-electron chi connectivity index (χ0n) is 25.5. The van der Waals surface area contributed by atoms with Crippen LogP contribution < -0.4 is 18.9 Å². The summed E-state index contributed by atoms with van der Waals surface area (Å²) in [5.74, 6) is 3.91. The lowest BCUT2D eigenvalue weighted by Crippen LogP contribution is -2.40. The first-order chi connectivity index (χ1) is 20.9. The van der Waals surface area contributed by atoms with Gasteiger partial charge in [-0.05, 0) is 76.6 Å². The van der Waals surface area contributed by atoms with Gasteiger partial charge in [-0.1, -0.05) is 62.4 Å².